The standard InChI is InChI=1S/C22H35BN2O3/c1-20(2)21(3,4)28-23(27-20)18-7-9-19(10-8-18)25-15-11-22(26,12-16-25)17-24-13-5-6-14-24/h7-10,26H,5-6,11-17H2,1-4H3. The van der Waals surface area contributed by atoms with E-state index in [1.165, 1.54) is 18.5 Å². The van der Waals surface area contributed by atoms with Gasteiger partial charge in [-0.15, -0.1) is 0 Å². The maximum Gasteiger partial charge on any atom is 0.494 e. The van der Waals surface area contributed by atoms with Crippen LogP contribution in [0.3, 0.4) is 0 Å². The van der Waals surface area contributed by atoms with Crippen LogP contribution in [0.25, 0.3) is 0 Å². The summed E-state index contributed by atoms with van der Waals surface area (Å²) in [6.07, 6.45) is 4.22. The van der Waals surface area contributed by atoms with Gasteiger partial charge in [0.05, 0.1) is 16.8 Å². The molecule has 3 saturated heterocycles. The van der Waals surface area contributed by atoms with E-state index in [1.54, 1.807) is 0 Å². The molecule has 3 aliphatic heterocycles. The first-order valence-electron chi connectivity index (χ1n) is 10.8. The second kappa shape index (κ2) is 7.31. The molecule has 3 heterocycles. The molecule has 5 nitrogen and oxygen atoms in total. The molecule has 1 aromatic rings. The quantitative estimate of drug-likeness (QED) is 0.806. The largest absolute Gasteiger partial charge is 0.494 e. The number of hydrogen-bond donors (Lipinski definition) is 1. The fraction of sp³-hybridized carbons (Fsp3) is 0.727. The van der Waals surface area contributed by atoms with E-state index in [2.05, 4.69) is 61.8 Å². The van der Waals surface area contributed by atoms with Gasteiger partial charge in [-0.05, 0) is 84.1 Å². The summed E-state index contributed by atoms with van der Waals surface area (Å²) in [6, 6.07) is 8.54. The number of β-amino-alcohol motifs (C(OH)–C–C–N with tert-alkyl or cyclic N) is 1. The Hall–Kier alpha value is -1.08. The molecule has 1 aromatic carbocycles. The monoisotopic (exact) mass is 386 g/mol. The van der Waals surface area contributed by atoms with E-state index in [9.17, 15) is 5.11 Å². The van der Waals surface area contributed by atoms with Crippen molar-refractivity contribution in [1.82, 2.24) is 4.90 Å². The van der Waals surface area contributed by atoms with Crippen LogP contribution in [-0.2, 0) is 9.31 Å². The van der Waals surface area contributed by atoms with E-state index in [0.717, 1.165) is 51.0 Å². The predicted octanol–water partition coefficient (Wildman–Crippen LogP) is 2.41. The number of nitrogens with zero attached hydrogens (tertiary/aromatic N) is 2. The minimum Gasteiger partial charge on any atom is -0.399 e. The number of likely N-dealkylation sites (tertiary alicyclic amines) is 1. The Balaban J connectivity index is 1.35. The SMILES string of the molecule is CC1(C)OB(c2ccc(N3CCC(O)(CN4CCCC4)CC3)cc2)OC1(C)C. The van der Waals surface area contributed by atoms with Crippen LogP contribution in [0, 0.1) is 0 Å². The zero-order valence-electron chi connectivity index (χ0n) is 17.9. The van der Waals surface area contributed by atoms with Crippen LogP contribution in [0.4, 0.5) is 5.69 Å². The first kappa shape index (κ1) is 20.2. The molecule has 3 aliphatic rings. The van der Waals surface area contributed by atoms with Crippen molar-refractivity contribution < 1.29 is 14.4 Å². The van der Waals surface area contributed by atoms with Gasteiger partial charge in [-0.2, -0.15) is 0 Å². The summed E-state index contributed by atoms with van der Waals surface area (Å²) >= 11 is 0. The lowest BCUT2D eigenvalue weighted by Gasteiger charge is -2.41. The highest BCUT2D eigenvalue weighted by Gasteiger charge is 2.51. The maximum atomic E-state index is 11.0. The van der Waals surface area contributed by atoms with Crippen molar-refractivity contribution >= 4 is 18.3 Å². The minimum absolute atomic E-state index is 0.314. The first-order valence-corrected chi connectivity index (χ1v) is 10.8. The third kappa shape index (κ3) is 3.97. The van der Waals surface area contributed by atoms with Gasteiger partial charge in [0.15, 0.2) is 0 Å². The van der Waals surface area contributed by atoms with Crippen molar-refractivity contribution in [2.45, 2.75) is 70.2 Å². The summed E-state index contributed by atoms with van der Waals surface area (Å²) in [5, 5.41) is 11.0. The van der Waals surface area contributed by atoms with Crippen LogP contribution in [0.5, 0.6) is 0 Å². The predicted molar refractivity (Wildman–Crippen MR) is 114 cm³/mol. The summed E-state index contributed by atoms with van der Waals surface area (Å²) < 4.78 is 12.3. The Bertz CT molecular complexity index is 662. The van der Waals surface area contributed by atoms with Crippen molar-refractivity contribution in [1.29, 1.82) is 0 Å². The molecule has 3 fully saturated rings. The van der Waals surface area contributed by atoms with Crippen molar-refractivity contribution in [3.05, 3.63) is 24.3 Å². The molecule has 0 atom stereocenters. The number of aliphatic hydroxyl groups is 1. The highest BCUT2D eigenvalue weighted by atomic mass is 16.7. The molecule has 0 unspecified atom stereocenters. The van der Waals surface area contributed by atoms with E-state index in [4.69, 9.17) is 9.31 Å². The summed E-state index contributed by atoms with van der Waals surface area (Å²) in [5.74, 6) is 0. The fourth-order valence-corrected chi connectivity index (χ4v) is 4.52. The Morgan fingerprint density at radius 3 is 1.96 bits per heavy atom. The Morgan fingerprint density at radius 1 is 0.893 bits per heavy atom. The van der Waals surface area contributed by atoms with Crippen LogP contribution >= 0.6 is 0 Å². The fourth-order valence-electron chi connectivity index (χ4n) is 4.52. The zero-order valence-corrected chi connectivity index (χ0v) is 17.9. The molecule has 0 spiro atoms. The number of piperidine rings is 1. The van der Waals surface area contributed by atoms with Gasteiger partial charge in [0.25, 0.3) is 0 Å². The lowest BCUT2D eigenvalue weighted by molar-refractivity contribution is -0.0110. The lowest BCUT2D eigenvalue weighted by atomic mass is 9.79. The Morgan fingerprint density at radius 2 is 1.43 bits per heavy atom. The molecule has 0 aliphatic carbocycles. The van der Waals surface area contributed by atoms with Gasteiger partial charge in [0.1, 0.15) is 0 Å². The highest BCUT2D eigenvalue weighted by molar-refractivity contribution is 6.62. The number of rotatable bonds is 4. The third-order valence-corrected chi connectivity index (χ3v) is 7.19. The average Bonchev–Trinajstić information content (AvgIpc) is 3.21. The summed E-state index contributed by atoms with van der Waals surface area (Å²) in [6.45, 7) is 13.3. The average molecular weight is 386 g/mol. The van der Waals surface area contributed by atoms with E-state index < -0.39 is 5.60 Å². The molecular formula is C22H35BN2O3. The van der Waals surface area contributed by atoms with E-state index >= 15 is 0 Å². The molecule has 28 heavy (non-hydrogen) atoms. The molecule has 0 amide bonds. The normalized spacial score (nSPS) is 26.8. The zero-order chi connectivity index (χ0) is 20.0. The van der Waals surface area contributed by atoms with Gasteiger partial charge in [-0.1, -0.05) is 12.1 Å². The van der Waals surface area contributed by atoms with E-state index in [-0.39, 0.29) is 18.3 Å². The van der Waals surface area contributed by atoms with Gasteiger partial charge in [0.2, 0.25) is 0 Å². The number of hydrogen-bond acceptors (Lipinski definition) is 5. The first-order chi connectivity index (χ1) is 13.2. The van der Waals surface area contributed by atoms with Crippen molar-refractivity contribution in [3.8, 4) is 0 Å². The van der Waals surface area contributed by atoms with Crippen LogP contribution in [0.15, 0.2) is 24.3 Å². The molecule has 0 saturated carbocycles. The topological polar surface area (TPSA) is 45.2 Å². The Kier molecular flexibility index (Phi) is 5.28. The van der Waals surface area contributed by atoms with Crippen molar-refractivity contribution in [2.75, 3.05) is 37.6 Å². The van der Waals surface area contributed by atoms with E-state index in [0.29, 0.717) is 0 Å². The Labute approximate surface area is 170 Å². The summed E-state index contributed by atoms with van der Waals surface area (Å²) in [4.78, 5) is 4.81. The molecule has 4 rings (SSSR count). The summed E-state index contributed by atoms with van der Waals surface area (Å²) in [7, 11) is -0.314. The number of benzene rings is 1. The van der Waals surface area contributed by atoms with Crippen LogP contribution < -0.4 is 10.4 Å². The van der Waals surface area contributed by atoms with Crippen molar-refractivity contribution in [3.63, 3.8) is 0 Å². The van der Waals surface area contributed by atoms with Gasteiger partial charge in [-0.25, -0.2) is 0 Å². The second-order valence-electron chi connectivity index (χ2n) is 9.87. The van der Waals surface area contributed by atoms with Gasteiger partial charge in [0, 0.05) is 25.3 Å². The van der Waals surface area contributed by atoms with Crippen molar-refractivity contribution in [2.24, 2.45) is 0 Å². The van der Waals surface area contributed by atoms with E-state index in [1.807, 2.05) is 0 Å². The molecule has 1 N–H and O–H groups in total. The van der Waals surface area contributed by atoms with Crippen LogP contribution in [-0.4, -0.2) is 66.7 Å². The maximum absolute atomic E-state index is 11.0. The molecule has 154 valence electrons. The van der Waals surface area contributed by atoms with Gasteiger partial charge in [-0.3, -0.25) is 0 Å². The third-order valence-electron chi connectivity index (χ3n) is 7.19. The van der Waals surface area contributed by atoms with Gasteiger partial charge >= 0.3 is 7.12 Å². The minimum atomic E-state index is -0.524. The molecule has 0 radical (unpaired) electrons. The highest BCUT2D eigenvalue weighted by Crippen LogP contribution is 2.36. The van der Waals surface area contributed by atoms with Crippen LogP contribution in [0.1, 0.15) is 53.4 Å². The van der Waals surface area contributed by atoms with Gasteiger partial charge < -0.3 is 24.2 Å². The molecular weight excluding hydrogens is 351 g/mol. The smallest absolute Gasteiger partial charge is 0.399 e. The summed E-state index contributed by atoms with van der Waals surface area (Å²) in [5.41, 5.74) is 1.11. The molecule has 0 bridgehead atoms. The lowest BCUT2D eigenvalue weighted by Crippen LogP contribution is -2.50. The van der Waals surface area contributed by atoms with Crippen LogP contribution in [0.2, 0.25) is 0 Å². The number of anilines is 1. The molecule has 0 aromatic heterocycles. The molecule has 6 heteroatoms. The second-order valence-corrected chi connectivity index (χ2v) is 9.87.